The maximum absolute atomic E-state index is 12.7. The highest BCUT2D eigenvalue weighted by Gasteiger charge is 2.32. The Bertz CT molecular complexity index is 599. The fraction of sp³-hybridized carbons (Fsp3) is 0.231. The van der Waals surface area contributed by atoms with Crippen LogP contribution in [0.3, 0.4) is 0 Å². The first-order valence-corrected chi connectivity index (χ1v) is 5.62. The van der Waals surface area contributed by atoms with Crippen LogP contribution >= 0.6 is 0 Å². The summed E-state index contributed by atoms with van der Waals surface area (Å²) in [5, 5.41) is 3.09. The molecule has 1 atom stereocenters. The van der Waals surface area contributed by atoms with E-state index in [2.05, 4.69) is 5.32 Å². The van der Waals surface area contributed by atoms with Crippen molar-refractivity contribution in [3.63, 3.8) is 0 Å². The monoisotopic (exact) mass is 252 g/mol. The molecule has 1 aromatic heterocycles. The molecule has 0 fully saturated rings. The molecule has 0 saturated carbocycles. The predicted molar refractivity (Wildman–Crippen MR) is 62.8 cm³/mol. The van der Waals surface area contributed by atoms with Crippen molar-refractivity contribution in [2.45, 2.75) is 19.1 Å². The van der Waals surface area contributed by atoms with Gasteiger partial charge in [0.25, 0.3) is 0 Å². The molecule has 0 aliphatic carbocycles. The van der Waals surface area contributed by atoms with Crippen molar-refractivity contribution in [2.24, 2.45) is 0 Å². The largest absolute Gasteiger partial charge is 0.416 e. The number of hydrogen-bond donors (Lipinski definition) is 1. The van der Waals surface area contributed by atoms with E-state index in [-0.39, 0.29) is 6.04 Å². The molecule has 94 valence electrons. The van der Waals surface area contributed by atoms with E-state index in [0.717, 1.165) is 23.5 Å². The van der Waals surface area contributed by atoms with E-state index >= 15 is 0 Å². The maximum Gasteiger partial charge on any atom is 0.416 e. The highest BCUT2D eigenvalue weighted by molar-refractivity contribution is 5.66. The number of anilines is 1. The fourth-order valence-corrected chi connectivity index (χ4v) is 2.31. The third kappa shape index (κ3) is 1.58. The summed E-state index contributed by atoms with van der Waals surface area (Å²) in [6.45, 7) is 1.93. The van der Waals surface area contributed by atoms with E-state index in [9.17, 15) is 13.2 Å². The average Bonchev–Trinajstić information content (AvgIpc) is 2.77. The molecule has 1 unspecified atom stereocenters. The van der Waals surface area contributed by atoms with Crippen molar-refractivity contribution in [1.82, 2.24) is 4.57 Å². The van der Waals surface area contributed by atoms with Gasteiger partial charge in [-0.1, -0.05) is 0 Å². The van der Waals surface area contributed by atoms with Gasteiger partial charge in [0, 0.05) is 11.9 Å². The third-order valence-electron chi connectivity index (χ3n) is 3.18. The van der Waals surface area contributed by atoms with Gasteiger partial charge < -0.3 is 9.88 Å². The maximum atomic E-state index is 12.7. The van der Waals surface area contributed by atoms with E-state index in [0.29, 0.717) is 5.69 Å². The number of aromatic nitrogens is 1. The van der Waals surface area contributed by atoms with Crippen LogP contribution in [-0.4, -0.2) is 4.57 Å². The van der Waals surface area contributed by atoms with Crippen LogP contribution in [0.25, 0.3) is 5.69 Å². The molecule has 3 rings (SSSR count). The Morgan fingerprint density at radius 2 is 2.00 bits per heavy atom. The van der Waals surface area contributed by atoms with Crippen molar-refractivity contribution in [3.05, 3.63) is 47.8 Å². The average molecular weight is 252 g/mol. The Balaban J connectivity index is 2.16. The lowest BCUT2D eigenvalue weighted by Crippen LogP contribution is -2.19. The zero-order valence-corrected chi connectivity index (χ0v) is 9.62. The molecule has 0 radical (unpaired) electrons. The highest BCUT2D eigenvalue weighted by Crippen LogP contribution is 2.38. The molecule has 1 aliphatic rings. The number of hydrogen-bond acceptors (Lipinski definition) is 1. The van der Waals surface area contributed by atoms with Crippen molar-refractivity contribution >= 4 is 5.69 Å². The molecule has 0 spiro atoms. The molecule has 18 heavy (non-hydrogen) atoms. The molecule has 1 aromatic carbocycles. The molecule has 0 saturated heterocycles. The van der Waals surface area contributed by atoms with Gasteiger partial charge in [-0.2, -0.15) is 13.2 Å². The van der Waals surface area contributed by atoms with E-state index in [1.807, 2.05) is 29.8 Å². The number of rotatable bonds is 0. The minimum atomic E-state index is -4.31. The number of fused-ring (bicyclic) bond motifs is 3. The van der Waals surface area contributed by atoms with Gasteiger partial charge >= 0.3 is 6.18 Å². The van der Waals surface area contributed by atoms with E-state index in [1.165, 1.54) is 6.07 Å². The second kappa shape index (κ2) is 3.54. The summed E-state index contributed by atoms with van der Waals surface area (Å²) < 4.78 is 39.9. The summed E-state index contributed by atoms with van der Waals surface area (Å²) in [7, 11) is 0. The molecule has 1 N–H and O–H groups in total. The first-order valence-electron chi connectivity index (χ1n) is 5.62. The first kappa shape index (κ1) is 11.2. The summed E-state index contributed by atoms with van der Waals surface area (Å²) in [6.07, 6.45) is -2.45. The molecule has 0 amide bonds. The quantitative estimate of drug-likeness (QED) is 0.750. The molecular weight excluding hydrogens is 241 g/mol. The van der Waals surface area contributed by atoms with Crippen LogP contribution in [0.15, 0.2) is 36.5 Å². The second-order valence-electron chi connectivity index (χ2n) is 4.40. The van der Waals surface area contributed by atoms with Gasteiger partial charge in [0.2, 0.25) is 0 Å². The molecule has 2 aromatic rings. The van der Waals surface area contributed by atoms with Gasteiger partial charge in [-0.25, -0.2) is 0 Å². The normalized spacial score (nSPS) is 17.9. The van der Waals surface area contributed by atoms with Crippen LogP contribution in [0.4, 0.5) is 18.9 Å². The lowest BCUT2D eigenvalue weighted by Gasteiger charge is -2.27. The third-order valence-corrected chi connectivity index (χ3v) is 3.18. The van der Waals surface area contributed by atoms with Gasteiger partial charge in [-0.05, 0) is 37.3 Å². The number of nitrogens with one attached hydrogen (secondary N) is 1. The number of nitrogens with zero attached hydrogens (tertiary/aromatic N) is 1. The molecule has 1 aliphatic heterocycles. The molecule has 2 nitrogen and oxygen atoms in total. The zero-order chi connectivity index (χ0) is 12.9. The molecule has 0 bridgehead atoms. The summed E-state index contributed by atoms with van der Waals surface area (Å²) in [5.41, 5.74) is 1.68. The Kier molecular flexibility index (Phi) is 2.20. The fourth-order valence-electron chi connectivity index (χ4n) is 2.31. The van der Waals surface area contributed by atoms with E-state index < -0.39 is 11.7 Å². The van der Waals surface area contributed by atoms with Gasteiger partial charge in [0.1, 0.15) is 0 Å². The SMILES string of the molecule is CC1Nc2cc(C(F)(F)F)ccc2-n2cccc21. The minimum Gasteiger partial charge on any atom is -0.375 e. The van der Waals surface area contributed by atoms with Gasteiger partial charge in [0.15, 0.2) is 0 Å². The van der Waals surface area contributed by atoms with Gasteiger partial charge in [-0.3, -0.25) is 0 Å². The highest BCUT2D eigenvalue weighted by atomic mass is 19.4. The second-order valence-corrected chi connectivity index (χ2v) is 4.40. The van der Waals surface area contributed by atoms with Crippen molar-refractivity contribution in [2.75, 3.05) is 5.32 Å². The van der Waals surface area contributed by atoms with Crippen LogP contribution in [0, 0.1) is 0 Å². The Morgan fingerprint density at radius 1 is 1.22 bits per heavy atom. The molecule has 5 heteroatoms. The van der Waals surface area contributed by atoms with Crippen LogP contribution in [0.5, 0.6) is 0 Å². The van der Waals surface area contributed by atoms with Crippen LogP contribution in [-0.2, 0) is 6.18 Å². The Morgan fingerprint density at radius 3 is 2.72 bits per heavy atom. The minimum absolute atomic E-state index is 0.00372. The van der Waals surface area contributed by atoms with Crippen molar-refractivity contribution < 1.29 is 13.2 Å². The number of benzene rings is 1. The van der Waals surface area contributed by atoms with Crippen LogP contribution < -0.4 is 5.32 Å². The standard InChI is InChI=1S/C13H11F3N2/c1-8-11-3-2-6-18(11)12-5-4-9(13(14,15)16)7-10(12)17-8/h2-8,17H,1H3. The van der Waals surface area contributed by atoms with Crippen molar-refractivity contribution in [1.29, 1.82) is 0 Å². The summed E-state index contributed by atoms with van der Waals surface area (Å²) in [6, 6.07) is 7.62. The summed E-state index contributed by atoms with van der Waals surface area (Å²) >= 11 is 0. The van der Waals surface area contributed by atoms with Crippen LogP contribution in [0.1, 0.15) is 24.2 Å². The Hall–Kier alpha value is -1.91. The predicted octanol–water partition coefficient (Wildman–Crippen LogP) is 3.98. The zero-order valence-electron chi connectivity index (χ0n) is 9.62. The Labute approximate surface area is 102 Å². The topological polar surface area (TPSA) is 17.0 Å². The van der Waals surface area contributed by atoms with E-state index in [1.54, 1.807) is 0 Å². The smallest absolute Gasteiger partial charge is 0.375 e. The van der Waals surface area contributed by atoms with E-state index in [4.69, 9.17) is 0 Å². The summed E-state index contributed by atoms with van der Waals surface area (Å²) in [5.74, 6) is 0. The van der Waals surface area contributed by atoms with Gasteiger partial charge in [-0.15, -0.1) is 0 Å². The van der Waals surface area contributed by atoms with Crippen LogP contribution in [0.2, 0.25) is 0 Å². The lowest BCUT2D eigenvalue weighted by molar-refractivity contribution is -0.137. The molecular formula is C13H11F3N2. The van der Waals surface area contributed by atoms with Gasteiger partial charge in [0.05, 0.1) is 23.0 Å². The summed E-state index contributed by atoms with van der Waals surface area (Å²) in [4.78, 5) is 0. The molecule has 2 heterocycles. The lowest BCUT2D eigenvalue weighted by atomic mass is 10.1. The number of halogens is 3. The van der Waals surface area contributed by atoms with Crippen molar-refractivity contribution in [3.8, 4) is 5.69 Å². The first-order chi connectivity index (χ1) is 8.47. The number of alkyl halides is 3.